The maximum absolute atomic E-state index is 12.6. The Hall–Kier alpha value is -2.91. The SMILES string of the molecule is N#Cc1ccc(C(=O)N2CCC(Oc3nc4ccccc4s3)CC2)cc1. The average molecular weight is 363 g/mol. The Morgan fingerprint density at radius 3 is 2.58 bits per heavy atom. The zero-order valence-electron chi connectivity index (χ0n) is 14.1. The van der Waals surface area contributed by atoms with Gasteiger partial charge >= 0.3 is 0 Å². The minimum atomic E-state index is 0.00734. The summed E-state index contributed by atoms with van der Waals surface area (Å²) in [6.45, 7) is 1.32. The molecule has 26 heavy (non-hydrogen) atoms. The summed E-state index contributed by atoms with van der Waals surface area (Å²) in [5, 5.41) is 9.55. The Morgan fingerprint density at radius 1 is 1.15 bits per heavy atom. The summed E-state index contributed by atoms with van der Waals surface area (Å²) in [6.07, 6.45) is 1.66. The van der Waals surface area contributed by atoms with Gasteiger partial charge in [-0.25, -0.2) is 4.98 Å². The number of rotatable bonds is 3. The van der Waals surface area contributed by atoms with Crippen molar-refractivity contribution in [2.75, 3.05) is 13.1 Å². The van der Waals surface area contributed by atoms with Crippen LogP contribution in [0.4, 0.5) is 0 Å². The van der Waals surface area contributed by atoms with Crippen LogP contribution in [0.3, 0.4) is 0 Å². The molecule has 4 rings (SSSR count). The molecule has 2 heterocycles. The van der Waals surface area contributed by atoms with Crippen LogP contribution in [0.2, 0.25) is 0 Å². The minimum absolute atomic E-state index is 0.00734. The third-order valence-electron chi connectivity index (χ3n) is 4.53. The molecule has 1 aliphatic heterocycles. The average Bonchev–Trinajstić information content (AvgIpc) is 3.10. The molecular formula is C20H17N3O2S. The number of hydrogen-bond acceptors (Lipinski definition) is 5. The maximum Gasteiger partial charge on any atom is 0.274 e. The van der Waals surface area contributed by atoms with E-state index in [-0.39, 0.29) is 12.0 Å². The molecule has 0 radical (unpaired) electrons. The third kappa shape index (κ3) is 3.39. The molecule has 1 fully saturated rings. The summed E-state index contributed by atoms with van der Waals surface area (Å²) < 4.78 is 7.16. The number of para-hydroxylation sites is 1. The molecule has 0 unspecified atom stereocenters. The van der Waals surface area contributed by atoms with Gasteiger partial charge in [0.1, 0.15) is 6.10 Å². The first-order chi connectivity index (χ1) is 12.7. The highest BCUT2D eigenvalue weighted by atomic mass is 32.1. The second kappa shape index (κ2) is 7.14. The van der Waals surface area contributed by atoms with Gasteiger partial charge < -0.3 is 9.64 Å². The van der Waals surface area contributed by atoms with E-state index in [1.165, 1.54) is 0 Å². The lowest BCUT2D eigenvalue weighted by atomic mass is 10.1. The van der Waals surface area contributed by atoms with Crippen molar-refractivity contribution in [1.29, 1.82) is 5.26 Å². The molecule has 0 N–H and O–H groups in total. The molecule has 0 spiro atoms. The van der Waals surface area contributed by atoms with Crippen molar-refractivity contribution in [3.63, 3.8) is 0 Å². The lowest BCUT2D eigenvalue weighted by Crippen LogP contribution is -2.41. The zero-order chi connectivity index (χ0) is 17.9. The van der Waals surface area contributed by atoms with Crippen LogP contribution in [0, 0.1) is 11.3 Å². The highest BCUT2D eigenvalue weighted by Gasteiger charge is 2.25. The number of piperidine rings is 1. The van der Waals surface area contributed by atoms with Crippen LogP contribution in [0.15, 0.2) is 48.5 Å². The van der Waals surface area contributed by atoms with Crippen molar-refractivity contribution in [3.8, 4) is 11.3 Å². The molecular weight excluding hydrogens is 346 g/mol. The van der Waals surface area contributed by atoms with Crippen molar-refractivity contribution >= 4 is 27.5 Å². The van der Waals surface area contributed by atoms with Gasteiger partial charge in [0.2, 0.25) is 0 Å². The molecule has 3 aromatic rings. The minimum Gasteiger partial charge on any atom is -0.467 e. The molecule has 0 bridgehead atoms. The van der Waals surface area contributed by atoms with Crippen molar-refractivity contribution in [2.24, 2.45) is 0 Å². The van der Waals surface area contributed by atoms with Crippen molar-refractivity contribution in [3.05, 3.63) is 59.7 Å². The Labute approximate surface area is 155 Å². The van der Waals surface area contributed by atoms with E-state index in [2.05, 4.69) is 11.1 Å². The molecule has 6 heteroatoms. The molecule has 1 aliphatic rings. The number of thiazole rings is 1. The molecule has 0 saturated carbocycles. The fourth-order valence-corrected chi connectivity index (χ4v) is 3.97. The first kappa shape index (κ1) is 16.6. The fourth-order valence-electron chi connectivity index (χ4n) is 3.09. The number of benzene rings is 2. The van der Waals surface area contributed by atoms with Gasteiger partial charge in [0, 0.05) is 31.5 Å². The normalized spacial score (nSPS) is 15.0. The number of likely N-dealkylation sites (tertiary alicyclic amines) is 1. The predicted molar refractivity (Wildman–Crippen MR) is 100 cm³/mol. The van der Waals surface area contributed by atoms with Gasteiger partial charge in [0.15, 0.2) is 0 Å². The monoisotopic (exact) mass is 363 g/mol. The van der Waals surface area contributed by atoms with E-state index in [1.54, 1.807) is 35.6 Å². The van der Waals surface area contributed by atoms with Gasteiger partial charge in [-0.3, -0.25) is 4.79 Å². The molecule has 130 valence electrons. The van der Waals surface area contributed by atoms with E-state index in [1.807, 2.05) is 29.2 Å². The highest BCUT2D eigenvalue weighted by Crippen LogP contribution is 2.29. The van der Waals surface area contributed by atoms with Crippen molar-refractivity contribution in [1.82, 2.24) is 9.88 Å². The van der Waals surface area contributed by atoms with Crippen LogP contribution in [0.25, 0.3) is 10.2 Å². The van der Waals surface area contributed by atoms with E-state index in [0.717, 1.165) is 23.1 Å². The number of amides is 1. The number of fused-ring (bicyclic) bond motifs is 1. The molecule has 1 aromatic heterocycles. The van der Waals surface area contributed by atoms with E-state index >= 15 is 0 Å². The third-order valence-corrected chi connectivity index (χ3v) is 5.46. The van der Waals surface area contributed by atoms with E-state index in [4.69, 9.17) is 10.00 Å². The number of ether oxygens (including phenoxy) is 1. The number of nitriles is 1. The summed E-state index contributed by atoms with van der Waals surface area (Å²) >= 11 is 1.56. The van der Waals surface area contributed by atoms with E-state index < -0.39 is 0 Å². The quantitative estimate of drug-likeness (QED) is 0.709. The second-order valence-electron chi connectivity index (χ2n) is 6.25. The lowest BCUT2D eigenvalue weighted by Gasteiger charge is -2.31. The first-order valence-electron chi connectivity index (χ1n) is 8.54. The second-order valence-corrected chi connectivity index (χ2v) is 7.24. The number of carbonyl (C=O) groups is 1. The van der Waals surface area contributed by atoms with Crippen molar-refractivity contribution < 1.29 is 9.53 Å². The molecule has 0 aliphatic carbocycles. The molecule has 2 aromatic carbocycles. The molecule has 0 atom stereocenters. The van der Waals surface area contributed by atoms with Gasteiger partial charge in [-0.15, -0.1) is 0 Å². The fraction of sp³-hybridized carbons (Fsp3) is 0.250. The first-order valence-corrected chi connectivity index (χ1v) is 9.36. The number of hydrogen-bond donors (Lipinski definition) is 0. The Bertz CT molecular complexity index is 934. The van der Waals surface area contributed by atoms with Crippen LogP contribution < -0.4 is 4.74 Å². The van der Waals surface area contributed by atoms with Crippen LogP contribution in [0.1, 0.15) is 28.8 Å². The van der Waals surface area contributed by atoms with Crippen LogP contribution in [0.5, 0.6) is 5.19 Å². The number of nitrogens with zero attached hydrogens (tertiary/aromatic N) is 3. The van der Waals surface area contributed by atoms with Gasteiger partial charge in [-0.2, -0.15) is 5.26 Å². The van der Waals surface area contributed by atoms with Crippen LogP contribution in [-0.2, 0) is 0 Å². The number of carbonyl (C=O) groups excluding carboxylic acids is 1. The van der Waals surface area contributed by atoms with E-state index in [0.29, 0.717) is 29.4 Å². The summed E-state index contributed by atoms with van der Waals surface area (Å²) in [4.78, 5) is 18.9. The molecule has 1 saturated heterocycles. The topological polar surface area (TPSA) is 66.2 Å². The number of aromatic nitrogens is 1. The lowest BCUT2D eigenvalue weighted by molar-refractivity contribution is 0.0595. The maximum atomic E-state index is 12.6. The van der Waals surface area contributed by atoms with Crippen LogP contribution in [-0.4, -0.2) is 35.0 Å². The zero-order valence-corrected chi connectivity index (χ0v) is 14.9. The summed E-state index contributed by atoms with van der Waals surface area (Å²) in [5.74, 6) is 0.00734. The van der Waals surface area contributed by atoms with Gasteiger partial charge in [-0.05, 0) is 36.4 Å². The smallest absolute Gasteiger partial charge is 0.274 e. The molecule has 5 nitrogen and oxygen atoms in total. The predicted octanol–water partition coefficient (Wildman–Crippen LogP) is 3.85. The highest BCUT2D eigenvalue weighted by molar-refractivity contribution is 7.20. The van der Waals surface area contributed by atoms with Crippen LogP contribution >= 0.6 is 11.3 Å². The van der Waals surface area contributed by atoms with Gasteiger partial charge in [-0.1, -0.05) is 23.5 Å². The summed E-state index contributed by atoms with van der Waals surface area (Å²) in [6, 6.07) is 16.8. The van der Waals surface area contributed by atoms with E-state index in [9.17, 15) is 4.79 Å². The van der Waals surface area contributed by atoms with Gasteiger partial charge in [0.05, 0.1) is 21.8 Å². The Morgan fingerprint density at radius 2 is 1.88 bits per heavy atom. The molecule has 1 amide bonds. The van der Waals surface area contributed by atoms with Gasteiger partial charge in [0.25, 0.3) is 11.1 Å². The summed E-state index contributed by atoms with van der Waals surface area (Å²) in [7, 11) is 0. The Balaban J connectivity index is 1.36. The largest absolute Gasteiger partial charge is 0.467 e. The Kier molecular flexibility index (Phi) is 4.55. The van der Waals surface area contributed by atoms with Crippen molar-refractivity contribution in [2.45, 2.75) is 18.9 Å². The summed E-state index contributed by atoms with van der Waals surface area (Å²) in [5.41, 5.74) is 2.14. The standard InChI is InChI=1S/C20H17N3O2S/c21-13-14-5-7-15(8-6-14)19(24)23-11-9-16(10-12-23)25-20-22-17-3-1-2-4-18(17)26-20/h1-8,16H,9-12H2.